The van der Waals surface area contributed by atoms with Crippen molar-refractivity contribution in [2.75, 3.05) is 0 Å². The average molecular weight is 707 g/mol. The largest absolute Gasteiger partial charge is 0.508 e. The molecule has 0 heterocycles. The van der Waals surface area contributed by atoms with E-state index < -0.39 is 15.3 Å². The van der Waals surface area contributed by atoms with Crippen molar-refractivity contribution >= 4 is 23.3 Å². The summed E-state index contributed by atoms with van der Waals surface area (Å²) < 4.78 is 24.8. The number of hydrogen-bond acceptors (Lipinski definition) is 6. The third-order valence-corrected chi connectivity index (χ3v) is 10.9. The zero-order valence-corrected chi connectivity index (χ0v) is 29.4. The molecule has 0 aliphatic heterocycles. The summed E-state index contributed by atoms with van der Waals surface area (Å²) in [6, 6.07) is 37.1. The number of aryl methyl sites for hydroxylation is 4. The smallest absolute Gasteiger partial charge is 0.206 e. The second kappa shape index (κ2) is 14.4. The van der Waals surface area contributed by atoms with Crippen molar-refractivity contribution in [2.45, 2.75) is 50.3 Å². The van der Waals surface area contributed by atoms with E-state index in [0.717, 1.165) is 22.3 Å². The van der Waals surface area contributed by atoms with Gasteiger partial charge in [0.2, 0.25) is 9.84 Å². The molecule has 0 aromatic heterocycles. The van der Waals surface area contributed by atoms with Crippen molar-refractivity contribution in [3.8, 4) is 34.1 Å². The number of sulfone groups is 1. The monoisotopic (exact) mass is 706 g/mol. The minimum atomic E-state index is -3.64. The minimum Gasteiger partial charge on any atom is -0.508 e. The topological polar surface area (TPSA) is 115 Å². The average Bonchev–Trinajstić information content (AvgIpc) is 3.37. The van der Waals surface area contributed by atoms with Crippen LogP contribution in [0, 0.1) is 27.7 Å². The fourth-order valence-electron chi connectivity index (χ4n) is 6.53. The molecule has 6 nitrogen and oxygen atoms in total. The first kappa shape index (κ1) is 37.6. The molecule has 0 radical (unpaired) electrons. The Hall–Kier alpha value is -5.18. The van der Waals surface area contributed by atoms with E-state index in [9.17, 15) is 28.8 Å². The summed E-state index contributed by atoms with van der Waals surface area (Å²) in [7, 11) is -3.64. The summed E-state index contributed by atoms with van der Waals surface area (Å²) in [5.74, 6) is 0.706. The van der Waals surface area contributed by atoms with Crippen LogP contribution in [0.4, 0.5) is 0 Å². The first-order valence-corrected chi connectivity index (χ1v) is 17.0. The number of fused-ring (bicyclic) bond motifs is 3. The van der Waals surface area contributed by atoms with Crippen LogP contribution in [0.15, 0.2) is 131 Å². The van der Waals surface area contributed by atoms with E-state index in [1.54, 1.807) is 26.0 Å². The molecule has 0 unspecified atom stereocenters. The fourth-order valence-corrected chi connectivity index (χ4v) is 7.96. The zero-order chi connectivity index (χ0) is 34.4. The van der Waals surface area contributed by atoms with E-state index in [-0.39, 0.29) is 42.2 Å². The Morgan fingerprint density at radius 3 is 1.12 bits per heavy atom. The molecular weight excluding hydrogens is 665 g/mol. The number of aromatic hydroxyl groups is 4. The Balaban J connectivity index is 0.000000235. The van der Waals surface area contributed by atoms with Gasteiger partial charge in [0.05, 0.1) is 15.2 Å². The summed E-state index contributed by atoms with van der Waals surface area (Å²) in [4.78, 5) is 0.237. The van der Waals surface area contributed by atoms with Crippen LogP contribution in [0.5, 0.6) is 23.0 Å². The zero-order valence-electron chi connectivity index (χ0n) is 27.6. The van der Waals surface area contributed by atoms with Gasteiger partial charge in [0.1, 0.15) is 23.0 Å². The lowest BCUT2D eigenvalue weighted by atomic mass is 9.67. The van der Waals surface area contributed by atoms with E-state index in [4.69, 9.17) is 0 Å². The maximum Gasteiger partial charge on any atom is 0.206 e. The van der Waals surface area contributed by atoms with Gasteiger partial charge < -0.3 is 20.4 Å². The number of phenols is 4. The van der Waals surface area contributed by atoms with Gasteiger partial charge >= 0.3 is 0 Å². The Labute approximate surface area is 301 Å². The summed E-state index contributed by atoms with van der Waals surface area (Å²) in [5, 5.41) is 39.2. The molecule has 0 saturated heterocycles. The maximum absolute atomic E-state index is 12.4. The van der Waals surface area contributed by atoms with Crippen LogP contribution in [0.25, 0.3) is 11.1 Å². The Morgan fingerprint density at radius 1 is 0.460 bits per heavy atom. The molecule has 6 aromatic carbocycles. The van der Waals surface area contributed by atoms with Crippen molar-refractivity contribution in [2.24, 2.45) is 0 Å². The molecule has 0 bridgehead atoms. The van der Waals surface area contributed by atoms with Crippen molar-refractivity contribution in [3.63, 3.8) is 0 Å². The van der Waals surface area contributed by atoms with Crippen LogP contribution in [-0.2, 0) is 15.3 Å². The SMILES string of the molecule is C.Cc1cc(C2(c3ccc(O)c(C)c3)c3ccccc3-c3ccccc32)ccc1O.Cc1cc(S(=O)(=O)c2ccc(O)c(C)c2)ccc1O.S. The van der Waals surface area contributed by atoms with E-state index in [1.165, 1.54) is 58.7 Å². The number of phenolic OH excluding ortho intramolecular Hbond substituents is 4. The van der Waals surface area contributed by atoms with Gasteiger partial charge in [0.25, 0.3) is 0 Å². The summed E-state index contributed by atoms with van der Waals surface area (Å²) in [6.07, 6.45) is 0. The summed E-state index contributed by atoms with van der Waals surface area (Å²) in [6.45, 7) is 7.13. The molecule has 1 aliphatic carbocycles. The molecule has 258 valence electrons. The highest BCUT2D eigenvalue weighted by Crippen LogP contribution is 2.56. The van der Waals surface area contributed by atoms with Gasteiger partial charge in [-0.1, -0.05) is 80.2 Å². The highest BCUT2D eigenvalue weighted by Gasteiger charge is 2.46. The molecule has 0 spiro atoms. The quantitative estimate of drug-likeness (QED) is 0.145. The molecule has 4 N–H and O–H groups in total. The second-order valence-corrected chi connectivity index (χ2v) is 14.2. The second-order valence-electron chi connectivity index (χ2n) is 12.2. The molecule has 1 aliphatic rings. The van der Waals surface area contributed by atoms with E-state index in [1.807, 2.05) is 26.0 Å². The van der Waals surface area contributed by atoms with Crippen LogP contribution in [0.2, 0.25) is 0 Å². The van der Waals surface area contributed by atoms with Crippen LogP contribution in [-0.4, -0.2) is 28.8 Å². The Morgan fingerprint density at radius 2 is 0.780 bits per heavy atom. The highest BCUT2D eigenvalue weighted by atomic mass is 32.2. The molecule has 0 saturated carbocycles. The lowest BCUT2D eigenvalue weighted by Gasteiger charge is -2.34. The summed E-state index contributed by atoms with van der Waals surface area (Å²) >= 11 is 0. The Bertz CT molecular complexity index is 2150. The highest BCUT2D eigenvalue weighted by molar-refractivity contribution is 7.91. The molecule has 8 heteroatoms. The predicted molar refractivity (Wildman–Crippen MR) is 205 cm³/mol. The third kappa shape index (κ3) is 6.32. The van der Waals surface area contributed by atoms with Gasteiger partial charge in [-0.2, -0.15) is 13.5 Å². The van der Waals surface area contributed by atoms with E-state index in [2.05, 4.69) is 60.7 Å². The molecule has 0 amide bonds. The van der Waals surface area contributed by atoms with Gasteiger partial charge in [0, 0.05) is 0 Å². The number of hydrogen-bond donors (Lipinski definition) is 4. The predicted octanol–water partition coefficient (Wildman–Crippen LogP) is 9.37. The molecule has 6 aromatic rings. The lowest BCUT2D eigenvalue weighted by molar-refractivity contribution is 0.469. The van der Waals surface area contributed by atoms with Gasteiger partial charge in [-0.05, 0) is 132 Å². The van der Waals surface area contributed by atoms with Gasteiger partial charge in [-0.15, -0.1) is 0 Å². The maximum atomic E-state index is 12.4. The van der Waals surface area contributed by atoms with Crippen molar-refractivity contribution in [1.82, 2.24) is 0 Å². The van der Waals surface area contributed by atoms with Gasteiger partial charge in [-0.3, -0.25) is 0 Å². The lowest BCUT2D eigenvalue weighted by Crippen LogP contribution is -2.28. The molecule has 50 heavy (non-hydrogen) atoms. The van der Waals surface area contributed by atoms with Crippen LogP contribution >= 0.6 is 13.5 Å². The van der Waals surface area contributed by atoms with E-state index >= 15 is 0 Å². The number of benzene rings is 6. The van der Waals surface area contributed by atoms with Crippen LogP contribution in [0.1, 0.15) is 51.9 Å². The van der Waals surface area contributed by atoms with Crippen LogP contribution in [0.3, 0.4) is 0 Å². The number of rotatable bonds is 4. The molecule has 0 fully saturated rings. The van der Waals surface area contributed by atoms with Crippen LogP contribution < -0.4 is 0 Å². The minimum absolute atomic E-state index is 0. The third-order valence-electron chi connectivity index (χ3n) is 9.17. The van der Waals surface area contributed by atoms with E-state index in [0.29, 0.717) is 22.6 Å². The molecular formula is C42H42O6S2. The fraction of sp³-hybridized carbons (Fsp3) is 0.143. The van der Waals surface area contributed by atoms with Gasteiger partial charge in [-0.25, -0.2) is 8.42 Å². The molecule has 0 atom stereocenters. The van der Waals surface area contributed by atoms with Crippen molar-refractivity contribution < 1.29 is 28.8 Å². The van der Waals surface area contributed by atoms with Crippen molar-refractivity contribution in [3.05, 3.63) is 166 Å². The first-order valence-electron chi connectivity index (χ1n) is 15.5. The van der Waals surface area contributed by atoms with Gasteiger partial charge in [0.15, 0.2) is 0 Å². The Kier molecular flexibility index (Phi) is 10.8. The standard InChI is InChI=1S/C27H22O2.C14H14O4S.CH4.H2S/c1-17-15-19(11-13-25(17)28)27(20-12-14-26(29)18(2)16-20)23-9-5-3-7-21(23)22-8-4-6-10-24(22)27;1-9-7-11(3-5-13(9)15)19(17,18)12-4-6-14(16)10(2)8-12;;/h3-16,28-29H,1-2H3;3-8,15-16H,1-2H3;1H4;1H2. The molecule has 7 rings (SSSR count). The normalized spacial score (nSPS) is 12.3. The van der Waals surface area contributed by atoms with Crippen molar-refractivity contribution in [1.29, 1.82) is 0 Å². The first-order chi connectivity index (χ1) is 22.8. The summed E-state index contributed by atoms with van der Waals surface area (Å²) in [5.41, 5.74) is 9.27.